The quantitative estimate of drug-likeness (QED) is 0.370. The second kappa shape index (κ2) is 6.94. The summed E-state index contributed by atoms with van der Waals surface area (Å²) in [6.07, 6.45) is 1.66. The topological polar surface area (TPSA) is 143 Å². The van der Waals surface area contributed by atoms with Crippen molar-refractivity contribution >= 4 is 39.9 Å². The van der Waals surface area contributed by atoms with Gasteiger partial charge in [-0.15, -0.1) is 0 Å². The van der Waals surface area contributed by atoms with Crippen molar-refractivity contribution in [2.24, 2.45) is 5.92 Å². The minimum Gasteiger partial charge on any atom is -0.368 e. The highest BCUT2D eigenvalue weighted by atomic mass is 35.5. The molecule has 1 aliphatic heterocycles. The van der Waals surface area contributed by atoms with Crippen LogP contribution in [0.15, 0.2) is 52.2 Å². The van der Waals surface area contributed by atoms with Gasteiger partial charge < -0.3 is 10.6 Å². The van der Waals surface area contributed by atoms with E-state index in [4.69, 9.17) is 22.4 Å². The van der Waals surface area contributed by atoms with Crippen LogP contribution in [0.4, 0.5) is 11.8 Å². The van der Waals surface area contributed by atoms with E-state index in [2.05, 4.69) is 27.1 Å². The number of hydrogen-bond donors (Lipinski definition) is 3. The summed E-state index contributed by atoms with van der Waals surface area (Å²) < 4.78 is 3.06. The molecule has 12 heteroatoms. The summed E-state index contributed by atoms with van der Waals surface area (Å²) >= 11 is 6.30. The van der Waals surface area contributed by atoms with Gasteiger partial charge in [-0.3, -0.25) is 24.4 Å². The lowest BCUT2D eigenvalue weighted by Gasteiger charge is -2.47. The SMILES string of the molecule is C[C@H]1CN(c2nc(N)nc3[nH][nH]c(=O)c23)[C@@H]1c1nn2ccc(Cl)c2c(=O)n1-c1ccccc1. The Bertz CT molecular complexity index is 1650. The van der Waals surface area contributed by atoms with Crippen LogP contribution >= 0.6 is 11.6 Å². The predicted molar refractivity (Wildman–Crippen MR) is 124 cm³/mol. The van der Waals surface area contributed by atoms with Gasteiger partial charge in [-0.05, 0) is 18.2 Å². The van der Waals surface area contributed by atoms with Crippen LogP contribution in [0.1, 0.15) is 18.8 Å². The molecule has 0 amide bonds. The number of rotatable bonds is 3. The van der Waals surface area contributed by atoms with Crippen LogP contribution in [0, 0.1) is 5.92 Å². The van der Waals surface area contributed by atoms with Crippen molar-refractivity contribution in [1.82, 2.24) is 34.3 Å². The third-order valence-electron chi connectivity index (χ3n) is 6.00. The lowest BCUT2D eigenvalue weighted by atomic mass is 9.89. The molecule has 5 heterocycles. The number of nitrogens with zero attached hydrogens (tertiary/aromatic N) is 6. The molecule has 11 nitrogen and oxygen atoms in total. The van der Waals surface area contributed by atoms with Gasteiger partial charge in [0.2, 0.25) is 5.95 Å². The van der Waals surface area contributed by atoms with Crippen LogP contribution in [-0.2, 0) is 0 Å². The molecule has 1 fully saturated rings. The second-order valence-corrected chi connectivity index (χ2v) is 8.48. The number of para-hydroxylation sites is 1. The highest BCUT2D eigenvalue weighted by molar-refractivity contribution is 6.33. The molecule has 4 N–H and O–H groups in total. The molecule has 0 spiro atoms. The Morgan fingerprint density at radius 2 is 1.91 bits per heavy atom. The largest absolute Gasteiger partial charge is 0.368 e. The van der Waals surface area contributed by atoms with E-state index in [1.54, 1.807) is 16.8 Å². The van der Waals surface area contributed by atoms with E-state index in [-0.39, 0.29) is 29.0 Å². The van der Waals surface area contributed by atoms with Gasteiger partial charge in [-0.1, -0.05) is 36.7 Å². The molecule has 33 heavy (non-hydrogen) atoms. The zero-order chi connectivity index (χ0) is 22.9. The number of halogens is 1. The highest BCUT2D eigenvalue weighted by Crippen LogP contribution is 2.42. The normalized spacial score (nSPS) is 18.2. The first-order valence-corrected chi connectivity index (χ1v) is 10.7. The van der Waals surface area contributed by atoms with E-state index in [1.165, 1.54) is 4.52 Å². The monoisotopic (exact) mass is 463 g/mol. The van der Waals surface area contributed by atoms with E-state index >= 15 is 0 Å². The van der Waals surface area contributed by atoms with Gasteiger partial charge >= 0.3 is 0 Å². The number of fused-ring (bicyclic) bond motifs is 2. The van der Waals surface area contributed by atoms with Crippen LogP contribution in [0.5, 0.6) is 0 Å². The summed E-state index contributed by atoms with van der Waals surface area (Å²) in [7, 11) is 0. The zero-order valence-corrected chi connectivity index (χ0v) is 18.1. The maximum absolute atomic E-state index is 13.6. The van der Waals surface area contributed by atoms with Crippen molar-refractivity contribution in [3.05, 3.63) is 74.1 Å². The van der Waals surface area contributed by atoms with Gasteiger partial charge in [-0.25, -0.2) is 4.52 Å². The first kappa shape index (κ1) is 19.6. The molecule has 0 bridgehead atoms. The van der Waals surface area contributed by atoms with Crippen molar-refractivity contribution in [2.75, 3.05) is 17.2 Å². The van der Waals surface area contributed by atoms with Crippen molar-refractivity contribution in [3.8, 4) is 5.69 Å². The molecule has 0 radical (unpaired) electrons. The summed E-state index contributed by atoms with van der Waals surface area (Å²) in [6.45, 7) is 2.65. The number of anilines is 2. The van der Waals surface area contributed by atoms with E-state index in [0.29, 0.717) is 45.4 Å². The van der Waals surface area contributed by atoms with Gasteiger partial charge in [0.1, 0.15) is 16.7 Å². The van der Waals surface area contributed by atoms with Crippen molar-refractivity contribution < 1.29 is 0 Å². The Hall–Kier alpha value is -4.12. The number of benzene rings is 1. The van der Waals surface area contributed by atoms with Crippen LogP contribution in [-0.4, -0.2) is 40.9 Å². The minimum atomic E-state index is -0.352. The molecule has 6 rings (SSSR count). The molecule has 0 aliphatic carbocycles. The number of aromatic nitrogens is 7. The second-order valence-electron chi connectivity index (χ2n) is 8.07. The maximum atomic E-state index is 13.6. The third kappa shape index (κ3) is 2.79. The zero-order valence-electron chi connectivity index (χ0n) is 17.4. The molecule has 1 aliphatic rings. The van der Waals surface area contributed by atoms with Crippen LogP contribution in [0.3, 0.4) is 0 Å². The minimum absolute atomic E-state index is 0.0344. The Morgan fingerprint density at radius 1 is 1.12 bits per heavy atom. The Labute approximate surface area is 190 Å². The predicted octanol–water partition coefficient (Wildman–Crippen LogP) is 1.88. The average Bonchev–Trinajstić information content (AvgIpc) is 3.34. The first-order chi connectivity index (χ1) is 15.9. The van der Waals surface area contributed by atoms with Crippen molar-refractivity contribution in [3.63, 3.8) is 0 Å². The molecular formula is C21H18ClN9O2. The van der Waals surface area contributed by atoms with E-state index in [1.807, 2.05) is 35.2 Å². The van der Waals surface area contributed by atoms with E-state index < -0.39 is 0 Å². The summed E-state index contributed by atoms with van der Waals surface area (Å²) in [5, 5.41) is 10.7. The van der Waals surface area contributed by atoms with Gasteiger partial charge in [0, 0.05) is 18.7 Å². The van der Waals surface area contributed by atoms with Gasteiger partial charge in [0.25, 0.3) is 11.1 Å². The molecule has 1 saturated heterocycles. The fraction of sp³-hybridized carbons (Fsp3) is 0.190. The summed E-state index contributed by atoms with van der Waals surface area (Å²) in [6, 6.07) is 10.5. The summed E-state index contributed by atoms with van der Waals surface area (Å²) in [5.41, 5.74) is 6.56. The third-order valence-corrected chi connectivity index (χ3v) is 6.31. The van der Waals surface area contributed by atoms with Crippen molar-refractivity contribution in [1.29, 1.82) is 0 Å². The van der Waals surface area contributed by atoms with E-state index in [0.717, 1.165) is 0 Å². The molecule has 0 saturated carbocycles. The van der Waals surface area contributed by atoms with Gasteiger partial charge in [-0.2, -0.15) is 15.1 Å². The number of hydrogen-bond acceptors (Lipinski definition) is 7. The fourth-order valence-electron chi connectivity index (χ4n) is 4.52. The average molecular weight is 464 g/mol. The van der Waals surface area contributed by atoms with Crippen molar-refractivity contribution in [2.45, 2.75) is 13.0 Å². The molecule has 166 valence electrons. The summed E-state index contributed by atoms with van der Waals surface area (Å²) in [4.78, 5) is 36.5. The fourth-order valence-corrected chi connectivity index (χ4v) is 4.75. The molecular weight excluding hydrogens is 446 g/mol. The van der Waals surface area contributed by atoms with Crippen LogP contribution in [0.25, 0.3) is 22.2 Å². The number of nitrogen functional groups attached to an aromatic ring is 1. The van der Waals surface area contributed by atoms with Gasteiger partial charge in [0.15, 0.2) is 11.5 Å². The molecule has 0 unspecified atom stereocenters. The molecule has 5 aromatic rings. The molecule has 4 aromatic heterocycles. The van der Waals surface area contributed by atoms with Gasteiger partial charge in [0.05, 0.1) is 16.8 Å². The maximum Gasteiger partial charge on any atom is 0.284 e. The van der Waals surface area contributed by atoms with E-state index in [9.17, 15) is 9.59 Å². The number of nitrogens with one attached hydrogen (secondary N) is 2. The first-order valence-electron chi connectivity index (χ1n) is 10.3. The standard InChI is InChI=1S/C21H18ClN9O2/c1-10-9-29(17-13-16(24-21(23)25-17)26-27-19(13)32)14(10)18-28-30-8-7-12(22)15(30)20(33)31(18)11-5-3-2-4-6-11/h2-8,10,14H,9H2,1H3,(H4,23,24,25,26,27,32)/t10-,14-/m0/s1. The lowest BCUT2D eigenvalue weighted by Crippen LogP contribution is -2.51. The Morgan fingerprint density at radius 3 is 2.67 bits per heavy atom. The number of H-pyrrole nitrogens is 2. The molecule has 1 aromatic carbocycles. The number of nitrogens with two attached hydrogens (primary N) is 1. The summed E-state index contributed by atoms with van der Waals surface area (Å²) in [5.74, 6) is 1.04. The Kier molecular flexibility index (Phi) is 4.11. The number of aromatic amines is 2. The van der Waals surface area contributed by atoms with Crippen LogP contribution < -0.4 is 21.8 Å². The Balaban J connectivity index is 1.62. The lowest BCUT2D eigenvalue weighted by molar-refractivity contribution is 0.301. The highest BCUT2D eigenvalue weighted by Gasteiger charge is 2.43. The smallest absolute Gasteiger partial charge is 0.284 e. The molecule has 2 atom stereocenters. The van der Waals surface area contributed by atoms with Crippen LogP contribution in [0.2, 0.25) is 5.02 Å².